The van der Waals surface area contributed by atoms with E-state index in [1.807, 2.05) is 25.1 Å². The number of fused-ring (bicyclic) bond motifs is 1. The Morgan fingerprint density at radius 2 is 2.17 bits per heavy atom. The third kappa shape index (κ3) is 3.59. The van der Waals surface area contributed by atoms with E-state index >= 15 is 0 Å². The number of ether oxygens (including phenoxy) is 1. The van der Waals surface area contributed by atoms with E-state index in [0.29, 0.717) is 6.54 Å². The Morgan fingerprint density at radius 3 is 3.00 bits per heavy atom. The van der Waals surface area contributed by atoms with Crippen LogP contribution >= 0.6 is 0 Å². The number of nitrogens with one attached hydrogen (secondary N) is 1. The molecule has 6 heteroatoms. The Morgan fingerprint density at radius 1 is 1.30 bits per heavy atom. The SMILES string of the molecule is CCC(C)Oc1cccc(CNc2cc(C)nn3cnnc23)c1. The van der Waals surface area contributed by atoms with Crippen LogP contribution in [0.5, 0.6) is 5.75 Å². The van der Waals surface area contributed by atoms with Gasteiger partial charge in [0.05, 0.1) is 17.5 Å². The van der Waals surface area contributed by atoms with Gasteiger partial charge >= 0.3 is 0 Å². The summed E-state index contributed by atoms with van der Waals surface area (Å²) in [5.41, 5.74) is 3.71. The van der Waals surface area contributed by atoms with E-state index in [-0.39, 0.29) is 6.10 Å². The van der Waals surface area contributed by atoms with Crippen molar-refractivity contribution >= 4 is 11.3 Å². The van der Waals surface area contributed by atoms with Crippen LogP contribution in [-0.4, -0.2) is 25.9 Å². The van der Waals surface area contributed by atoms with Gasteiger partial charge in [0, 0.05) is 6.54 Å². The largest absolute Gasteiger partial charge is 0.491 e. The lowest BCUT2D eigenvalue weighted by Crippen LogP contribution is -2.10. The molecule has 0 radical (unpaired) electrons. The monoisotopic (exact) mass is 311 g/mol. The predicted molar refractivity (Wildman–Crippen MR) is 89.7 cm³/mol. The number of rotatable bonds is 6. The van der Waals surface area contributed by atoms with Crippen molar-refractivity contribution in [3.63, 3.8) is 0 Å². The van der Waals surface area contributed by atoms with Crippen molar-refractivity contribution in [2.24, 2.45) is 0 Å². The van der Waals surface area contributed by atoms with Gasteiger partial charge in [-0.15, -0.1) is 10.2 Å². The number of benzene rings is 1. The van der Waals surface area contributed by atoms with Crippen molar-refractivity contribution < 1.29 is 4.74 Å². The lowest BCUT2D eigenvalue weighted by Gasteiger charge is -2.14. The number of aromatic nitrogens is 4. The molecular weight excluding hydrogens is 290 g/mol. The molecule has 0 aliphatic heterocycles. The molecule has 1 unspecified atom stereocenters. The molecule has 2 aromatic heterocycles. The highest BCUT2D eigenvalue weighted by Crippen LogP contribution is 2.19. The molecule has 3 aromatic rings. The lowest BCUT2D eigenvalue weighted by molar-refractivity contribution is 0.217. The fourth-order valence-corrected chi connectivity index (χ4v) is 2.32. The van der Waals surface area contributed by atoms with E-state index in [1.165, 1.54) is 0 Å². The van der Waals surface area contributed by atoms with Crippen LogP contribution < -0.4 is 10.1 Å². The Kier molecular flexibility index (Phi) is 4.41. The molecule has 1 N–H and O–H groups in total. The summed E-state index contributed by atoms with van der Waals surface area (Å²) in [6, 6.07) is 10.1. The molecule has 0 aliphatic carbocycles. The molecule has 2 heterocycles. The van der Waals surface area contributed by atoms with E-state index in [4.69, 9.17) is 4.74 Å². The first-order chi connectivity index (χ1) is 11.2. The summed E-state index contributed by atoms with van der Waals surface area (Å²) in [6.45, 7) is 6.83. The van der Waals surface area contributed by atoms with Gasteiger partial charge in [0.1, 0.15) is 12.1 Å². The third-order valence-electron chi connectivity index (χ3n) is 3.68. The van der Waals surface area contributed by atoms with Crippen LogP contribution in [0.4, 0.5) is 5.69 Å². The second-order valence-corrected chi connectivity index (χ2v) is 5.64. The van der Waals surface area contributed by atoms with E-state index < -0.39 is 0 Å². The molecule has 0 saturated carbocycles. The van der Waals surface area contributed by atoms with Crippen LogP contribution in [0.1, 0.15) is 31.5 Å². The third-order valence-corrected chi connectivity index (χ3v) is 3.68. The van der Waals surface area contributed by atoms with Gasteiger partial charge in [0.2, 0.25) is 5.65 Å². The normalized spacial score (nSPS) is 12.3. The van der Waals surface area contributed by atoms with Crippen LogP contribution in [0.3, 0.4) is 0 Å². The molecule has 23 heavy (non-hydrogen) atoms. The van der Waals surface area contributed by atoms with Crippen molar-refractivity contribution in [3.8, 4) is 5.75 Å². The highest BCUT2D eigenvalue weighted by atomic mass is 16.5. The topological polar surface area (TPSA) is 64.3 Å². The van der Waals surface area contributed by atoms with Gasteiger partial charge < -0.3 is 10.1 Å². The number of aryl methyl sites for hydroxylation is 1. The first-order valence-corrected chi connectivity index (χ1v) is 7.83. The molecule has 0 fully saturated rings. The van der Waals surface area contributed by atoms with E-state index in [0.717, 1.165) is 34.8 Å². The van der Waals surface area contributed by atoms with Crippen LogP contribution in [0.25, 0.3) is 5.65 Å². The zero-order valence-electron chi connectivity index (χ0n) is 13.7. The zero-order valence-corrected chi connectivity index (χ0v) is 13.7. The summed E-state index contributed by atoms with van der Waals surface area (Å²) in [4.78, 5) is 0. The molecule has 1 aromatic carbocycles. The number of hydrogen-bond donors (Lipinski definition) is 1. The molecule has 0 bridgehead atoms. The minimum Gasteiger partial charge on any atom is -0.491 e. The fourth-order valence-electron chi connectivity index (χ4n) is 2.32. The van der Waals surface area contributed by atoms with Gasteiger partial charge in [0.15, 0.2) is 0 Å². The summed E-state index contributed by atoms with van der Waals surface area (Å²) in [5.74, 6) is 0.900. The summed E-state index contributed by atoms with van der Waals surface area (Å²) >= 11 is 0. The summed E-state index contributed by atoms with van der Waals surface area (Å²) in [5, 5.41) is 15.8. The minimum absolute atomic E-state index is 0.219. The van der Waals surface area contributed by atoms with Gasteiger partial charge in [0.25, 0.3) is 0 Å². The van der Waals surface area contributed by atoms with E-state index in [9.17, 15) is 0 Å². The minimum atomic E-state index is 0.219. The fraction of sp³-hybridized carbons (Fsp3) is 0.353. The highest BCUT2D eigenvalue weighted by molar-refractivity contribution is 5.66. The van der Waals surface area contributed by atoms with Crippen molar-refractivity contribution in [2.45, 2.75) is 39.8 Å². The standard InChI is InChI=1S/C17H21N5O/c1-4-13(3)23-15-7-5-6-14(9-15)10-18-16-8-12(2)21-22-11-19-20-17(16)22/h5-9,11,13,18H,4,10H2,1-3H3. The van der Waals surface area contributed by atoms with Crippen molar-refractivity contribution in [3.05, 3.63) is 47.9 Å². The second kappa shape index (κ2) is 6.64. The quantitative estimate of drug-likeness (QED) is 0.757. The maximum absolute atomic E-state index is 5.87. The molecule has 120 valence electrons. The number of nitrogens with zero attached hydrogens (tertiary/aromatic N) is 4. The van der Waals surface area contributed by atoms with Crippen molar-refractivity contribution in [2.75, 3.05) is 5.32 Å². The van der Waals surface area contributed by atoms with Crippen molar-refractivity contribution in [1.29, 1.82) is 0 Å². The highest BCUT2D eigenvalue weighted by Gasteiger charge is 2.07. The van der Waals surface area contributed by atoms with Gasteiger partial charge in [-0.1, -0.05) is 19.1 Å². The molecule has 0 spiro atoms. The van der Waals surface area contributed by atoms with Gasteiger partial charge in [-0.3, -0.25) is 0 Å². The smallest absolute Gasteiger partial charge is 0.200 e. The molecule has 0 aliphatic rings. The molecule has 1 atom stereocenters. The molecule has 6 nitrogen and oxygen atoms in total. The Labute approximate surface area is 135 Å². The zero-order chi connectivity index (χ0) is 16.2. The first-order valence-electron chi connectivity index (χ1n) is 7.83. The molecule has 0 amide bonds. The van der Waals surface area contributed by atoms with Crippen molar-refractivity contribution in [1.82, 2.24) is 19.8 Å². The van der Waals surface area contributed by atoms with Crippen LogP contribution in [-0.2, 0) is 6.54 Å². The average molecular weight is 311 g/mol. The maximum atomic E-state index is 5.87. The summed E-state index contributed by atoms with van der Waals surface area (Å²) in [7, 11) is 0. The predicted octanol–water partition coefficient (Wildman–Crippen LogP) is 3.22. The average Bonchev–Trinajstić information content (AvgIpc) is 3.01. The summed E-state index contributed by atoms with van der Waals surface area (Å²) in [6.07, 6.45) is 2.81. The van der Waals surface area contributed by atoms with Gasteiger partial charge in [-0.25, -0.2) is 0 Å². The Bertz CT molecular complexity index is 799. The second-order valence-electron chi connectivity index (χ2n) is 5.64. The number of hydrogen-bond acceptors (Lipinski definition) is 5. The Hall–Kier alpha value is -2.63. The van der Waals surface area contributed by atoms with Gasteiger partial charge in [-0.2, -0.15) is 9.61 Å². The summed E-state index contributed by atoms with van der Waals surface area (Å²) < 4.78 is 7.55. The van der Waals surface area contributed by atoms with E-state index in [1.54, 1.807) is 10.8 Å². The van der Waals surface area contributed by atoms with Crippen LogP contribution in [0.2, 0.25) is 0 Å². The lowest BCUT2D eigenvalue weighted by atomic mass is 10.2. The number of anilines is 1. The molecular formula is C17H21N5O. The van der Waals surface area contributed by atoms with Gasteiger partial charge in [-0.05, 0) is 44.0 Å². The maximum Gasteiger partial charge on any atom is 0.200 e. The van der Waals surface area contributed by atoms with Crippen LogP contribution in [0, 0.1) is 6.92 Å². The molecule has 0 saturated heterocycles. The van der Waals surface area contributed by atoms with E-state index in [2.05, 4.69) is 46.6 Å². The van der Waals surface area contributed by atoms with Crippen LogP contribution in [0.15, 0.2) is 36.7 Å². The first kappa shape index (κ1) is 15.3. The Balaban J connectivity index is 1.75. The molecule has 3 rings (SSSR count).